The van der Waals surface area contributed by atoms with Crippen molar-refractivity contribution in [1.82, 2.24) is 10.2 Å². The highest BCUT2D eigenvalue weighted by atomic mass is 35.5. The molecule has 0 aliphatic carbocycles. The number of urea groups is 1. The summed E-state index contributed by atoms with van der Waals surface area (Å²) in [4.78, 5) is 16.5. The molecule has 0 radical (unpaired) electrons. The number of halogens is 1. The minimum atomic E-state index is -0.0368. The number of amides is 2. The van der Waals surface area contributed by atoms with Crippen LogP contribution in [0.1, 0.15) is 5.56 Å². The molecule has 136 valence electrons. The predicted octanol–water partition coefficient (Wildman–Crippen LogP) is 3.10. The van der Waals surface area contributed by atoms with Gasteiger partial charge >= 0.3 is 6.03 Å². The molecule has 7 heteroatoms. The monoisotopic (exact) mass is 373 g/mol. The van der Waals surface area contributed by atoms with Crippen molar-refractivity contribution in [2.45, 2.75) is 6.54 Å². The molecule has 2 aliphatic rings. The van der Waals surface area contributed by atoms with E-state index in [1.54, 1.807) is 0 Å². The molecule has 0 unspecified atom stereocenters. The summed E-state index contributed by atoms with van der Waals surface area (Å²) in [6.07, 6.45) is 0. The predicted molar refractivity (Wildman–Crippen MR) is 100 cm³/mol. The van der Waals surface area contributed by atoms with Gasteiger partial charge in [0.25, 0.3) is 0 Å². The Bertz CT molecular complexity index is 789. The summed E-state index contributed by atoms with van der Waals surface area (Å²) in [5.41, 5.74) is 2.12. The van der Waals surface area contributed by atoms with E-state index in [1.165, 1.54) is 0 Å². The number of anilines is 1. The van der Waals surface area contributed by atoms with Crippen LogP contribution in [0.4, 0.5) is 10.5 Å². The zero-order valence-corrected chi connectivity index (χ0v) is 15.0. The van der Waals surface area contributed by atoms with Crippen molar-refractivity contribution >= 4 is 23.3 Å². The van der Waals surface area contributed by atoms with Crippen LogP contribution in [0.2, 0.25) is 5.02 Å². The number of ether oxygens (including phenoxy) is 2. The molecule has 0 saturated carbocycles. The second-order valence-corrected chi connectivity index (χ2v) is 6.73. The number of carbonyl (C=O) groups is 1. The fraction of sp³-hybridized carbons (Fsp3) is 0.316. The van der Waals surface area contributed by atoms with E-state index in [4.69, 9.17) is 21.1 Å². The first kappa shape index (κ1) is 16.8. The highest BCUT2D eigenvalue weighted by molar-refractivity contribution is 6.30. The number of nitrogens with zero attached hydrogens (tertiary/aromatic N) is 2. The molecular weight excluding hydrogens is 354 g/mol. The minimum Gasteiger partial charge on any atom is -0.454 e. The first-order chi connectivity index (χ1) is 12.7. The number of benzene rings is 2. The van der Waals surface area contributed by atoms with Crippen LogP contribution in [0.25, 0.3) is 0 Å². The molecule has 0 aromatic heterocycles. The van der Waals surface area contributed by atoms with Crippen LogP contribution in [0, 0.1) is 0 Å². The van der Waals surface area contributed by atoms with Crippen LogP contribution in [0.15, 0.2) is 42.5 Å². The highest BCUT2D eigenvalue weighted by Crippen LogP contribution is 2.35. The number of hydrogen-bond acceptors (Lipinski definition) is 4. The molecule has 1 N–H and O–H groups in total. The first-order valence-electron chi connectivity index (χ1n) is 8.61. The van der Waals surface area contributed by atoms with E-state index in [-0.39, 0.29) is 12.8 Å². The van der Waals surface area contributed by atoms with Crippen LogP contribution in [0.3, 0.4) is 0 Å². The quantitative estimate of drug-likeness (QED) is 0.898. The van der Waals surface area contributed by atoms with Gasteiger partial charge in [0.05, 0.1) is 0 Å². The summed E-state index contributed by atoms with van der Waals surface area (Å²) in [7, 11) is 0. The van der Waals surface area contributed by atoms with E-state index in [0.717, 1.165) is 35.8 Å². The fourth-order valence-electron chi connectivity index (χ4n) is 3.14. The van der Waals surface area contributed by atoms with Gasteiger partial charge in [0, 0.05) is 49.5 Å². The van der Waals surface area contributed by atoms with E-state index in [0.29, 0.717) is 24.7 Å². The van der Waals surface area contributed by atoms with E-state index < -0.39 is 0 Å². The molecule has 0 spiro atoms. The van der Waals surface area contributed by atoms with Crippen LogP contribution in [-0.2, 0) is 6.54 Å². The third kappa shape index (κ3) is 3.65. The molecule has 1 fully saturated rings. The number of rotatable bonds is 3. The Balaban J connectivity index is 1.29. The average Bonchev–Trinajstić information content (AvgIpc) is 3.15. The summed E-state index contributed by atoms with van der Waals surface area (Å²) >= 11 is 5.88. The van der Waals surface area contributed by atoms with Gasteiger partial charge in [-0.2, -0.15) is 0 Å². The third-order valence-corrected chi connectivity index (χ3v) is 4.90. The first-order valence-corrected chi connectivity index (χ1v) is 8.99. The molecule has 0 atom stereocenters. The van der Waals surface area contributed by atoms with Crippen LogP contribution in [-0.4, -0.2) is 43.9 Å². The van der Waals surface area contributed by atoms with Gasteiger partial charge in [-0.1, -0.05) is 23.7 Å². The molecule has 2 heterocycles. The van der Waals surface area contributed by atoms with E-state index in [2.05, 4.69) is 10.2 Å². The maximum Gasteiger partial charge on any atom is 0.317 e. The van der Waals surface area contributed by atoms with Crippen molar-refractivity contribution in [3.8, 4) is 11.5 Å². The maximum atomic E-state index is 12.4. The summed E-state index contributed by atoms with van der Waals surface area (Å²) in [5.74, 6) is 1.57. The molecule has 2 aromatic rings. The number of hydrogen-bond donors (Lipinski definition) is 1. The smallest absolute Gasteiger partial charge is 0.317 e. The molecule has 1 saturated heterocycles. The van der Waals surface area contributed by atoms with Gasteiger partial charge in [0.1, 0.15) is 0 Å². The lowest BCUT2D eigenvalue weighted by Gasteiger charge is -2.36. The Morgan fingerprint density at radius 1 is 1.00 bits per heavy atom. The summed E-state index contributed by atoms with van der Waals surface area (Å²) in [6, 6.07) is 13.4. The largest absolute Gasteiger partial charge is 0.454 e. The van der Waals surface area contributed by atoms with Gasteiger partial charge < -0.3 is 24.6 Å². The van der Waals surface area contributed by atoms with Crippen LogP contribution < -0.4 is 19.7 Å². The van der Waals surface area contributed by atoms with Crippen LogP contribution >= 0.6 is 11.6 Å². The molecule has 2 aliphatic heterocycles. The lowest BCUT2D eigenvalue weighted by molar-refractivity contribution is 0.174. The number of carbonyl (C=O) groups excluding carboxylic acids is 1. The van der Waals surface area contributed by atoms with Crippen molar-refractivity contribution in [3.63, 3.8) is 0 Å². The standard InChI is InChI=1S/C19H20ClN3O3/c20-15-3-1-14(2-4-15)12-21-19(24)23-9-7-22(8-10-23)16-5-6-17-18(11-16)26-13-25-17/h1-6,11H,7-10,12-13H2,(H,21,24). The summed E-state index contributed by atoms with van der Waals surface area (Å²) < 4.78 is 10.8. The number of fused-ring (bicyclic) bond motifs is 1. The van der Waals surface area contributed by atoms with E-state index >= 15 is 0 Å². The average molecular weight is 374 g/mol. The maximum absolute atomic E-state index is 12.4. The Kier molecular flexibility index (Phi) is 4.75. The Morgan fingerprint density at radius 2 is 1.73 bits per heavy atom. The summed E-state index contributed by atoms with van der Waals surface area (Å²) in [6.45, 7) is 3.71. The normalized spacial score (nSPS) is 15.9. The zero-order valence-electron chi connectivity index (χ0n) is 14.3. The van der Waals surface area contributed by atoms with Crippen molar-refractivity contribution in [2.24, 2.45) is 0 Å². The number of nitrogens with one attached hydrogen (secondary N) is 1. The van der Waals surface area contributed by atoms with Gasteiger partial charge in [0.15, 0.2) is 11.5 Å². The summed E-state index contributed by atoms with van der Waals surface area (Å²) in [5, 5.41) is 3.66. The molecule has 0 bridgehead atoms. The number of piperazine rings is 1. The van der Waals surface area contributed by atoms with Crippen molar-refractivity contribution in [1.29, 1.82) is 0 Å². The van der Waals surface area contributed by atoms with Crippen molar-refractivity contribution in [3.05, 3.63) is 53.1 Å². The Labute approximate surface area is 157 Å². The third-order valence-electron chi connectivity index (χ3n) is 4.65. The van der Waals surface area contributed by atoms with Gasteiger partial charge in [-0.15, -0.1) is 0 Å². The Hall–Kier alpha value is -2.60. The van der Waals surface area contributed by atoms with Crippen molar-refractivity contribution < 1.29 is 14.3 Å². The molecule has 6 nitrogen and oxygen atoms in total. The highest BCUT2D eigenvalue weighted by Gasteiger charge is 2.22. The molecule has 2 amide bonds. The molecule has 4 rings (SSSR count). The Morgan fingerprint density at radius 3 is 2.50 bits per heavy atom. The second-order valence-electron chi connectivity index (χ2n) is 6.30. The fourth-order valence-corrected chi connectivity index (χ4v) is 3.27. The van der Waals surface area contributed by atoms with Gasteiger partial charge in [0.2, 0.25) is 6.79 Å². The van der Waals surface area contributed by atoms with E-state index in [1.807, 2.05) is 47.4 Å². The van der Waals surface area contributed by atoms with E-state index in [9.17, 15) is 4.79 Å². The molecule has 26 heavy (non-hydrogen) atoms. The zero-order chi connectivity index (χ0) is 17.9. The lowest BCUT2D eigenvalue weighted by atomic mass is 10.2. The second kappa shape index (κ2) is 7.33. The lowest BCUT2D eigenvalue weighted by Crippen LogP contribution is -2.51. The minimum absolute atomic E-state index is 0.0368. The SMILES string of the molecule is O=C(NCc1ccc(Cl)cc1)N1CCN(c2ccc3c(c2)OCO3)CC1. The van der Waals surface area contributed by atoms with Gasteiger partial charge in [-0.25, -0.2) is 4.79 Å². The van der Waals surface area contributed by atoms with Crippen molar-refractivity contribution in [2.75, 3.05) is 37.9 Å². The van der Waals surface area contributed by atoms with Gasteiger partial charge in [-0.05, 0) is 29.8 Å². The van der Waals surface area contributed by atoms with Crippen LogP contribution in [0.5, 0.6) is 11.5 Å². The van der Waals surface area contributed by atoms with Gasteiger partial charge in [-0.3, -0.25) is 0 Å². The molecule has 2 aromatic carbocycles. The molecular formula is C19H20ClN3O3. The topological polar surface area (TPSA) is 54.0 Å².